The summed E-state index contributed by atoms with van der Waals surface area (Å²) in [6.07, 6.45) is 4.31. The van der Waals surface area contributed by atoms with Gasteiger partial charge in [-0.3, -0.25) is 9.48 Å². The highest BCUT2D eigenvalue weighted by Crippen LogP contribution is 2.15. The molecule has 0 saturated heterocycles. The average molecular weight is 252 g/mol. The molecule has 0 aliphatic heterocycles. The van der Waals surface area contributed by atoms with E-state index in [1.165, 1.54) is 0 Å². The normalized spacial score (nSPS) is 13.1. The third-order valence-corrected chi connectivity index (χ3v) is 2.81. The second-order valence-electron chi connectivity index (χ2n) is 5.35. The van der Waals surface area contributed by atoms with E-state index in [4.69, 9.17) is 5.73 Å². The van der Waals surface area contributed by atoms with Gasteiger partial charge in [0, 0.05) is 18.8 Å². The molecule has 102 valence electrons. The van der Waals surface area contributed by atoms with E-state index in [9.17, 15) is 4.79 Å². The molecular weight excluding hydrogens is 228 g/mol. The predicted molar refractivity (Wildman–Crippen MR) is 73.2 cm³/mol. The largest absolute Gasteiger partial charge is 0.330 e. The summed E-state index contributed by atoms with van der Waals surface area (Å²) < 4.78 is 1.81. The molecule has 3 N–H and O–H groups in total. The molecule has 0 saturated carbocycles. The highest BCUT2D eigenvalue weighted by Gasteiger charge is 2.18. The lowest BCUT2D eigenvalue weighted by atomic mass is 9.96. The van der Waals surface area contributed by atoms with Crippen LogP contribution in [0.1, 0.15) is 40.2 Å². The smallest absolute Gasteiger partial charge is 0.228 e. The first-order valence-electron chi connectivity index (χ1n) is 6.49. The first-order valence-corrected chi connectivity index (χ1v) is 6.49. The Morgan fingerprint density at radius 2 is 2.11 bits per heavy atom. The maximum atomic E-state index is 12.0. The van der Waals surface area contributed by atoms with E-state index in [1.54, 1.807) is 6.20 Å². The van der Waals surface area contributed by atoms with Crippen molar-refractivity contribution in [2.45, 2.75) is 40.2 Å². The summed E-state index contributed by atoms with van der Waals surface area (Å²) in [6.45, 7) is 8.64. The fraction of sp³-hybridized carbons (Fsp3) is 0.692. The van der Waals surface area contributed by atoms with Crippen molar-refractivity contribution < 1.29 is 4.79 Å². The molecule has 1 amide bonds. The molecule has 1 atom stereocenters. The minimum atomic E-state index is -0.132. The number of nitrogens with two attached hydrogens (primary N) is 1. The lowest BCUT2D eigenvalue weighted by Gasteiger charge is -2.16. The van der Waals surface area contributed by atoms with Crippen LogP contribution in [-0.4, -0.2) is 22.2 Å². The van der Waals surface area contributed by atoms with Gasteiger partial charge in [0.25, 0.3) is 0 Å². The minimum absolute atomic E-state index is 0.0190. The Bertz CT molecular complexity index is 384. The molecule has 1 rings (SSSR count). The second kappa shape index (κ2) is 6.54. The topological polar surface area (TPSA) is 72.9 Å². The van der Waals surface area contributed by atoms with Crippen LogP contribution in [-0.2, 0) is 4.79 Å². The van der Waals surface area contributed by atoms with Gasteiger partial charge >= 0.3 is 0 Å². The summed E-state index contributed by atoms with van der Waals surface area (Å²) >= 11 is 0. The van der Waals surface area contributed by atoms with Crippen molar-refractivity contribution in [1.82, 2.24) is 9.78 Å². The van der Waals surface area contributed by atoms with Crippen molar-refractivity contribution in [3.05, 3.63) is 12.4 Å². The van der Waals surface area contributed by atoms with Gasteiger partial charge in [0.15, 0.2) is 0 Å². The lowest BCUT2D eigenvalue weighted by Crippen LogP contribution is -2.30. The Hall–Kier alpha value is -1.36. The molecule has 0 aliphatic rings. The van der Waals surface area contributed by atoms with Crippen LogP contribution in [0.3, 0.4) is 0 Å². The Balaban J connectivity index is 2.61. The van der Waals surface area contributed by atoms with Crippen LogP contribution in [0, 0.1) is 11.8 Å². The molecule has 0 radical (unpaired) electrons. The fourth-order valence-electron chi connectivity index (χ4n) is 1.81. The van der Waals surface area contributed by atoms with Crippen LogP contribution >= 0.6 is 0 Å². The minimum Gasteiger partial charge on any atom is -0.330 e. The highest BCUT2D eigenvalue weighted by atomic mass is 16.1. The molecule has 1 aromatic rings. The molecule has 0 aromatic carbocycles. The molecule has 0 bridgehead atoms. The van der Waals surface area contributed by atoms with E-state index in [0.717, 1.165) is 12.1 Å². The number of rotatable bonds is 6. The van der Waals surface area contributed by atoms with Crippen LogP contribution in [0.4, 0.5) is 5.69 Å². The summed E-state index contributed by atoms with van der Waals surface area (Å²) in [5.74, 6) is 0.310. The monoisotopic (exact) mass is 252 g/mol. The molecule has 0 aliphatic carbocycles. The van der Waals surface area contributed by atoms with Crippen molar-refractivity contribution in [2.75, 3.05) is 11.9 Å². The first-order chi connectivity index (χ1) is 8.43. The standard InChI is InChI=1S/C13H24N4O/c1-9(2)5-11(6-14)13(18)16-12-7-15-17(8-12)10(3)4/h7-11H,5-6,14H2,1-4H3,(H,16,18)/t11-/m1/s1. The lowest BCUT2D eigenvalue weighted by molar-refractivity contribution is -0.120. The third kappa shape index (κ3) is 4.14. The number of nitrogens with zero attached hydrogens (tertiary/aromatic N) is 2. The molecule has 18 heavy (non-hydrogen) atoms. The van der Waals surface area contributed by atoms with Gasteiger partial charge in [-0.15, -0.1) is 0 Å². The Morgan fingerprint density at radius 1 is 1.44 bits per heavy atom. The van der Waals surface area contributed by atoms with Gasteiger partial charge in [-0.25, -0.2) is 0 Å². The molecule has 0 fully saturated rings. The van der Waals surface area contributed by atoms with Crippen LogP contribution in [0.5, 0.6) is 0 Å². The van der Waals surface area contributed by atoms with Crippen molar-refractivity contribution in [1.29, 1.82) is 0 Å². The van der Waals surface area contributed by atoms with Crippen molar-refractivity contribution >= 4 is 11.6 Å². The van der Waals surface area contributed by atoms with Crippen LogP contribution < -0.4 is 11.1 Å². The molecule has 0 spiro atoms. The van der Waals surface area contributed by atoms with E-state index >= 15 is 0 Å². The maximum absolute atomic E-state index is 12.0. The number of amides is 1. The fourth-order valence-corrected chi connectivity index (χ4v) is 1.81. The van der Waals surface area contributed by atoms with E-state index in [-0.39, 0.29) is 17.9 Å². The van der Waals surface area contributed by atoms with E-state index < -0.39 is 0 Å². The van der Waals surface area contributed by atoms with Crippen molar-refractivity contribution in [3.8, 4) is 0 Å². The van der Waals surface area contributed by atoms with Gasteiger partial charge in [-0.1, -0.05) is 13.8 Å². The summed E-state index contributed by atoms with van der Waals surface area (Å²) in [4.78, 5) is 12.0. The van der Waals surface area contributed by atoms with Gasteiger partial charge in [-0.05, 0) is 26.2 Å². The Kier molecular flexibility index (Phi) is 5.34. The zero-order chi connectivity index (χ0) is 13.7. The van der Waals surface area contributed by atoms with Crippen LogP contribution in [0.25, 0.3) is 0 Å². The Morgan fingerprint density at radius 3 is 2.56 bits per heavy atom. The molecule has 1 heterocycles. The number of carbonyl (C=O) groups excluding carboxylic acids is 1. The maximum Gasteiger partial charge on any atom is 0.228 e. The molecule has 5 nitrogen and oxygen atoms in total. The zero-order valence-corrected chi connectivity index (χ0v) is 11.7. The number of carbonyl (C=O) groups is 1. The molecule has 0 unspecified atom stereocenters. The summed E-state index contributed by atoms with van der Waals surface area (Å²) in [5.41, 5.74) is 6.38. The molecular formula is C13H24N4O. The van der Waals surface area contributed by atoms with E-state index in [2.05, 4.69) is 24.3 Å². The van der Waals surface area contributed by atoms with Crippen molar-refractivity contribution in [2.24, 2.45) is 17.6 Å². The van der Waals surface area contributed by atoms with Gasteiger partial charge in [0.2, 0.25) is 5.91 Å². The number of hydrogen-bond donors (Lipinski definition) is 2. The Labute approximate surface area is 109 Å². The molecule has 1 aromatic heterocycles. The second-order valence-corrected chi connectivity index (χ2v) is 5.35. The summed E-state index contributed by atoms with van der Waals surface area (Å²) in [7, 11) is 0. The van der Waals surface area contributed by atoms with Gasteiger partial charge in [-0.2, -0.15) is 5.10 Å². The predicted octanol–water partition coefficient (Wildman–Crippen LogP) is 2.02. The molecule has 5 heteroatoms. The highest BCUT2D eigenvalue weighted by molar-refractivity contribution is 5.92. The summed E-state index contributed by atoms with van der Waals surface area (Å²) in [6, 6.07) is 0.289. The van der Waals surface area contributed by atoms with E-state index in [0.29, 0.717) is 12.5 Å². The van der Waals surface area contributed by atoms with Crippen molar-refractivity contribution in [3.63, 3.8) is 0 Å². The average Bonchev–Trinajstić information content (AvgIpc) is 2.74. The van der Waals surface area contributed by atoms with Gasteiger partial charge in [0.1, 0.15) is 0 Å². The zero-order valence-electron chi connectivity index (χ0n) is 11.7. The quantitative estimate of drug-likeness (QED) is 0.813. The third-order valence-electron chi connectivity index (χ3n) is 2.81. The summed E-state index contributed by atoms with van der Waals surface area (Å²) in [5, 5.41) is 7.06. The van der Waals surface area contributed by atoms with Crippen LogP contribution in [0.2, 0.25) is 0 Å². The van der Waals surface area contributed by atoms with E-state index in [1.807, 2.05) is 24.7 Å². The van der Waals surface area contributed by atoms with Gasteiger partial charge in [0.05, 0.1) is 17.8 Å². The first kappa shape index (κ1) is 14.7. The number of anilines is 1. The van der Waals surface area contributed by atoms with Gasteiger partial charge < -0.3 is 11.1 Å². The van der Waals surface area contributed by atoms with Crippen LogP contribution in [0.15, 0.2) is 12.4 Å². The SMILES string of the molecule is CC(C)C[C@H](CN)C(=O)Nc1cnn(C(C)C)c1. The number of aromatic nitrogens is 2. The number of nitrogens with one attached hydrogen (secondary N) is 1. The number of hydrogen-bond acceptors (Lipinski definition) is 3.